The summed E-state index contributed by atoms with van der Waals surface area (Å²) in [6.07, 6.45) is 1.83. The molecule has 5 rings (SSSR count). The number of benzene rings is 3. The lowest BCUT2D eigenvalue weighted by Gasteiger charge is -2.27. The van der Waals surface area contributed by atoms with E-state index in [0.29, 0.717) is 38.9 Å². The van der Waals surface area contributed by atoms with Gasteiger partial charge in [0.1, 0.15) is 17.5 Å². The van der Waals surface area contributed by atoms with Crippen LogP contribution in [0.4, 0.5) is 0 Å². The lowest BCUT2D eigenvalue weighted by Crippen LogP contribution is -2.40. The Hall–Kier alpha value is -3.95. The van der Waals surface area contributed by atoms with Gasteiger partial charge in [-0.15, -0.1) is 0 Å². The van der Waals surface area contributed by atoms with E-state index in [-0.39, 0.29) is 17.7 Å². The van der Waals surface area contributed by atoms with Crippen molar-refractivity contribution in [2.24, 2.45) is 10.9 Å². The summed E-state index contributed by atoms with van der Waals surface area (Å²) in [4.78, 5) is 33.2. The van der Waals surface area contributed by atoms with Crippen LogP contribution in [0.15, 0.2) is 92.6 Å². The highest BCUT2D eigenvalue weighted by molar-refractivity contribution is 9.10. The summed E-state index contributed by atoms with van der Waals surface area (Å²) in [5.74, 6) is 1.18. The standard InChI is InChI=1S/C33H31BrN2O5S/c1-5-40-32(38)28-29(22-9-7-6-8-10-22)35-33-36(30(28)25-18-23(34)13-16-26(25)39-4)31(37)27(42-33)17-21-11-14-24(15-12-21)41-19-20(2)3/h6-18,20,30H,5,19H2,1-4H3/b27-17-/t30-/m1/s1. The van der Waals surface area contributed by atoms with Crippen LogP contribution in [0, 0.1) is 5.92 Å². The predicted molar refractivity (Wildman–Crippen MR) is 169 cm³/mol. The van der Waals surface area contributed by atoms with Gasteiger partial charge in [-0.2, -0.15) is 0 Å². The highest BCUT2D eigenvalue weighted by atomic mass is 79.9. The fourth-order valence-corrected chi connectivity index (χ4v) is 6.11. The number of carbonyl (C=O) groups excluding carboxylic acids is 1. The van der Waals surface area contributed by atoms with Gasteiger partial charge in [-0.1, -0.05) is 83.6 Å². The van der Waals surface area contributed by atoms with Crippen molar-refractivity contribution in [3.63, 3.8) is 0 Å². The Morgan fingerprint density at radius 3 is 2.50 bits per heavy atom. The Kier molecular flexibility index (Phi) is 9.09. The van der Waals surface area contributed by atoms with Crippen molar-refractivity contribution in [3.05, 3.63) is 119 Å². The van der Waals surface area contributed by atoms with Gasteiger partial charge in [0.05, 0.1) is 36.1 Å². The maximum absolute atomic E-state index is 14.1. The van der Waals surface area contributed by atoms with Crippen molar-refractivity contribution in [3.8, 4) is 11.5 Å². The van der Waals surface area contributed by atoms with E-state index in [1.807, 2.05) is 78.9 Å². The monoisotopic (exact) mass is 646 g/mol. The number of methoxy groups -OCH3 is 1. The molecule has 0 saturated carbocycles. The molecule has 0 spiro atoms. The summed E-state index contributed by atoms with van der Waals surface area (Å²) in [6.45, 7) is 6.75. The Morgan fingerprint density at radius 2 is 1.83 bits per heavy atom. The maximum Gasteiger partial charge on any atom is 0.338 e. The molecular formula is C33H31BrN2O5S. The number of thiazole rings is 1. The Bertz CT molecular complexity index is 1810. The van der Waals surface area contributed by atoms with Crippen LogP contribution in [0.25, 0.3) is 11.8 Å². The van der Waals surface area contributed by atoms with Crippen LogP contribution in [-0.4, -0.2) is 30.9 Å². The molecule has 0 fully saturated rings. The molecule has 0 N–H and O–H groups in total. The molecule has 1 aromatic heterocycles. The van der Waals surface area contributed by atoms with E-state index in [0.717, 1.165) is 21.3 Å². The number of aromatic nitrogens is 1. The lowest BCUT2D eigenvalue weighted by molar-refractivity contribution is -0.138. The molecule has 0 unspecified atom stereocenters. The van der Waals surface area contributed by atoms with Crippen LogP contribution in [0.5, 0.6) is 11.5 Å². The number of nitrogens with zero attached hydrogens (tertiary/aromatic N) is 2. The Balaban J connectivity index is 1.75. The Morgan fingerprint density at radius 1 is 1.10 bits per heavy atom. The van der Waals surface area contributed by atoms with E-state index in [4.69, 9.17) is 19.2 Å². The molecule has 0 bridgehead atoms. The molecule has 7 nitrogen and oxygen atoms in total. The number of ether oxygens (including phenoxy) is 3. The molecule has 0 radical (unpaired) electrons. The molecule has 42 heavy (non-hydrogen) atoms. The van der Waals surface area contributed by atoms with E-state index < -0.39 is 12.0 Å². The van der Waals surface area contributed by atoms with Crippen LogP contribution < -0.4 is 24.4 Å². The Labute approximate surface area is 256 Å². The quantitative estimate of drug-likeness (QED) is 0.217. The van der Waals surface area contributed by atoms with Gasteiger partial charge in [0.15, 0.2) is 4.80 Å². The molecule has 1 aliphatic heterocycles. The molecule has 0 aliphatic carbocycles. The molecular weight excluding hydrogens is 616 g/mol. The molecule has 1 aliphatic rings. The number of esters is 1. The van der Waals surface area contributed by atoms with Gasteiger partial charge in [0.2, 0.25) is 0 Å². The molecule has 4 aromatic rings. The zero-order valence-electron chi connectivity index (χ0n) is 23.8. The van der Waals surface area contributed by atoms with Gasteiger partial charge >= 0.3 is 5.97 Å². The normalized spacial score (nSPS) is 14.9. The third-order valence-corrected chi connectivity index (χ3v) is 8.10. The van der Waals surface area contributed by atoms with Crippen molar-refractivity contribution in [2.45, 2.75) is 26.8 Å². The predicted octanol–water partition coefficient (Wildman–Crippen LogP) is 5.74. The lowest BCUT2D eigenvalue weighted by atomic mass is 9.92. The highest BCUT2D eigenvalue weighted by Gasteiger charge is 2.36. The minimum Gasteiger partial charge on any atom is -0.496 e. The second kappa shape index (κ2) is 12.9. The van der Waals surface area contributed by atoms with Gasteiger partial charge in [0, 0.05) is 15.6 Å². The van der Waals surface area contributed by atoms with E-state index in [9.17, 15) is 9.59 Å². The van der Waals surface area contributed by atoms with Crippen molar-refractivity contribution in [1.82, 2.24) is 4.57 Å². The van der Waals surface area contributed by atoms with Crippen molar-refractivity contribution >= 4 is 45.0 Å². The highest BCUT2D eigenvalue weighted by Crippen LogP contribution is 2.39. The van der Waals surface area contributed by atoms with Crippen LogP contribution in [0.2, 0.25) is 0 Å². The minimum absolute atomic E-state index is 0.175. The summed E-state index contributed by atoms with van der Waals surface area (Å²) >= 11 is 4.84. The van der Waals surface area contributed by atoms with Crippen LogP contribution in [0.3, 0.4) is 0 Å². The van der Waals surface area contributed by atoms with Crippen LogP contribution >= 0.6 is 27.3 Å². The van der Waals surface area contributed by atoms with E-state index >= 15 is 0 Å². The number of carbonyl (C=O) groups is 1. The van der Waals surface area contributed by atoms with Gasteiger partial charge in [-0.3, -0.25) is 9.36 Å². The van der Waals surface area contributed by atoms with Crippen molar-refractivity contribution in [1.29, 1.82) is 0 Å². The molecule has 2 heterocycles. The van der Waals surface area contributed by atoms with Gasteiger partial charge in [-0.05, 0) is 54.8 Å². The van der Waals surface area contributed by atoms with E-state index in [1.165, 1.54) is 11.3 Å². The van der Waals surface area contributed by atoms with Crippen molar-refractivity contribution in [2.75, 3.05) is 20.3 Å². The first kappa shape index (κ1) is 29.5. The van der Waals surface area contributed by atoms with Gasteiger partial charge in [-0.25, -0.2) is 9.79 Å². The molecule has 0 saturated heterocycles. The third-order valence-electron chi connectivity index (χ3n) is 6.62. The van der Waals surface area contributed by atoms with E-state index in [2.05, 4.69) is 29.8 Å². The first-order valence-corrected chi connectivity index (χ1v) is 15.3. The average molecular weight is 648 g/mol. The fourth-order valence-electron chi connectivity index (χ4n) is 4.73. The minimum atomic E-state index is -0.836. The number of hydrogen-bond donors (Lipinski definition) is 0. The van der Waals surface area contributed by atoms with Crippen molar-refractivity contribution < 1.29 is 19.0 Å². The smallest absolute Gasteiger partial charge is 0.338 e. The van der Waals surface area contributed by atoms with Crippen LogP contribution in [0.1, 0.15) is 43.5 Å². The topological polar surface area (TPSA) is 79.1 Å². The number of halogens is 1. The molecule has 0 amide bonds. The summed E-state index contributed by atoms with van der Waals surface area (Å²) in [6, 6.07) is 21.8. The molecule has 3 aromatic carbocycles. The third kappa shape index (κ3) is 6.12. The van der Waals surface area contributed by atoms with Gasteiger partial charge in [0.25, 0.3) is 5.56 Å². The first-order valence-electron chi connectivity index (χ1n) is 13.7. The largest absolute Gasteiger partial charge is 0.496 e. The summed E-state index contributed by atoms with van der Waals surface area (Å²) in [5.41, 5.74) is 2.69. The molecule has 216 valence electrons. The first-order chi connectivity index (χ1) is 20.3. The number of rotatable bonds is 9. The fraction of sp³-hybridized carbons (Fsp3) is 0.242. The summed E-state index contributed by atoms with van der Waals surface area (Å²) < 4.78 is 19.9. The zero-order chi connectivity index (χ0) is 29.8. The summed E-state index contributed by atoms with van der Waals surface area (Å²) in [7, 11) is 1.57. The maximum atomic E-state index is 14.1. The SMILES string of the molecule is CCOC(=O)C1=C(c2ccccc2)N=c2s/c(=C\c3ccc(OCC(C)C)cc3)c(=O)n2[C@@H]1c1cc(Br)ccc1OC. The average Bonchev–Trinajstić information content (AvgIpc) is 3.30. The number of fused-ring (bicyclic) bond motifs is 1. The molecule has 1 atom stereocenters. The number of hydrogen-bond acceptors (Lipinski definition) is 7. The zero-order valence-corrected chi connectivity index (χ0v) is 26.2. The van der Waals surface area contributed by atoms with E-state index in [1.54, 1.807) is 18.6 Å². The second-order valence-electron chi connectivity index (χ2n) is 10.1. The second-order valence-corrected chi connectivity index (χ2v) is 12.0. The summed E-state index contributed by atoms with van der Waals surface area (Å²) in [5, 5.41) is 0. The molecule has 9 heteroatoms. The van der Waals surface area contributed by atoms with Gasteiger partial charge < -0.3 is 14.2 Å². The van der Waals surface area contributed by atoms with Crippen LogP contribution in [-0.2, 0) is 9.53 Å².